The van der Waals surface area contributed by atoms with Crippen molar-refractivity contribution in [2.45, 2.75) is 6.42 Å². The lowest BCUT2D eigenvalue weighted by molar-refractivity contribution is 0.188. The van der Waals surface area contributed by atoms with Crippen LogP contribution in [0.2, 0.25) is 0 Å². The average Bonchev–Trinajstić information content (AvgIpc) is 2.15. The van der Waals surface area contributed by atoms with Gasteiger partial charge in [0.1, 0.15) is 0 Å². The van der Waals surface area contributed by atoms with E-state index in [0.29, 0.717) is 6.61 Å². The summed E-state index contributed by atoms with van der Waals surface area (Å²) in [6.07, 6.45) is 0.897. The van der Waals surface area contributed by atoms with Crippen LogP contribution < -0.4 is 0 Å². The maximum Gasteiger partial charge on any atom is 0.0503 e. The van der Waals surface area contributed by atoms with Gasteiger partial charge in [-0.2, -0.15) is 0 Å². The molecule has 0 bridgehead atoms. The van der Waals surface area contributed by atoms with E-state index >= 15 is 0 Å². The molecule has 1 saturated heterocycles. The van der Waals surface area contributed by atoms with Crippen LogP contribution in [-0.4, -0.2) is 27.7 Å². The van der Waals surface area contributed by atoms with Crippen molar-refractivity contribution in [2.75, 3.05) is 19.0 Å². The van der Waals surface area contributed by atoms with E-state index in [1.807, 2.05) is 0 Å². The van der Waals surface area contributed by atoms with Gasteiger partial charge in [-0.3, -0.25) is 4.21 Å². The molecule has 0 aromatic carbocycles. The smallest absolute Gasteiger partial charge is 0.0503 e. The molecule has 2 atom stereocenters. The highest BCUT2D eigenvalue weighted by atomic mass is 32.2. The van der Waals surface area contributed by atoms with Gasteiger partial charge in [0.25, 0.3) is 0 Å². The van der Waals surface area contributed by atoms with Crippen LogP contribution in [0.4, 0.5) is 0 Å². The fraction of sp³-hybridized carbons (Fsp3) is 1.00. The molecule has 54 valence electrons. The summed E-state index contributed by atoms with van der Waals surface area (Å²) in [6, 6.07) is 0. The Labute approximate surface area is 56.7 Å². The number of hydrogen-bond donors (Lipinski definition) is 0. The summed E-state index contributed by atoms with van der Waals surface area (Å²) in [5, 5.41) is 0. The highest BCUT2D eigenvalue weighted by molar-refractivity contribution is 7.79. The first-order chi connectivity index (χ1) is 4.29. The first-order valence-electron chi connectivity index (χ1n) is 2.92. The van der Waals surface area contributed by atoms with Crippen molar-refractivity contribution >= 4 is 11.1 Å². The molecule has 1 fully saturated rings. The van der Waals surface area contributed by atoms with Crippen LogP contribution in [0, 0.1) is 5.92 Å². The first-order valence-corrected chi connectivity index (χ1v) is 4.17. The minimum Gasteiger partial charge on any atom is -0.772 e. The SMILES string of the molecule is O=S([O-])CC1CCOC1. The molecule has 0 amide bonds. The Hall–Kier alpha value is 0.0700. The zero-order chi connectivity index (χ0) is 6.69. The highest BCUT2D eigenvalue weighted by Gasteiger charge is 2.14. The summed E-state index contributed by atoms with van der Waals surface area (Å²) in [7, 11) is 0. The fourth-order valence-corrected chi connectivity index (χ4v) is 1.56. The van der Waals surface area contributed by atoms with E-state index in [2.05, 4.69) is 0 Å². The van der Waals surface area contributed by atoms with Gasteiger partial charge >= 0.3 is 0 Å². The van der Waals surface area contributed by atoms with Crippen LogP contribution in [0.5, 0.6) is 0 Å². The summed E-state index contributed by atoms with van der Waals surface area (Å²) in [4.78, 5) is 0. The first kappa shape index (κ1) is 7.18. The molecule has 1 aliphatic heterocycles. The maximum absolute atomic E-state index is 10.1. The summed E-state index contributed by atoms with van der Waals surface area (Å²) in [6.45, 7) is 1.34. The van der Waals surface area contributed by atoms with Gasteiger partial charge < -0.3 is 9.29 Å². The van der Waals surface area contributed by atoms with Gasteiger partial charge in [-0.15, -0.1) is 0 Å². The van der Waals surface area contributed by atoms with Crippen molar-refractivity contribution in [3.05, 3.63) is 0 Å². The summed E-state index contributed by atoms with van der Waals surface area (Å²) in [5.41, 5.74) is 0. The van der Waals surface area contributed by atoms with Crippen molar-refractivity contribution in [1.82, 2.24) is 0 Å². The molecular formula is C5H9O3S-. The Morgan fingerprint density at radius 2 is 2.56 bits per heavy atom. The van der Waals surface area contributed by atoms with E-state index in [4.69, 9.17) is 4.74 Å². The lowest BCUT2D eigenvalue weighted by Gasteiger charge is -2.08. The van der Waals surface area contributed by atoms with E-state index in [1.54, 1.807) is 0 Å². The van der Waals surface area contributed by atoms with E-state index in [-0.39, 0.29) is 11.7 Å². The van der Waals surface area contributed by atoms with E-state index in [1.165, 1.54) is 0 Å². The molecule has 0 saturated carbocycles. The van der Waals surface area contributed by atoms with Crippen LogP contribution in [-0.2, 0) is 15.8 Å². The molecule has 3 nitrogen and oxygen atoms in total. The van der Waals surface area contributed by atoms with Crippen molar-refractivity contribution in [2.24, 2.45) is 5.92 Å². The monoisotopic (exact) mass is 149 g/mol. The Balaban J connectivity index is 2.19. The molecule has 0 aliphatic carbocycles. The van der Waals surface area contributed by atoms with Crippen LogP contribution >= 0.6 is 0 Å². The molecule has 0 aromatic rings. The molecule has 4 heteroatoms. The molecule has 0 radical (unpaired) electrons. The van der Waals surface area contributed by atoms with Crippen molar-refractivity contribution in [1.29, 1.82) is 0 Å². The van der Waals surface area contributed by atoms with Gasteiger partial charge in [0.2, 0.25) is 0 Å². The van der Waals surface area contributed by atoms with Crippen LogP contribution in [0.1, 0.15) is 6.42 Å². The topological polar surface area (TPSA) is 49.4 Å². The predicted molar refractivity (Wildman–Crippen MR) is 32.7 cm³/mol. The predicted octanol–water partition coefficient (Wildman–Crippen LogP) is -0.0980. The van der Waals surface area contributed by atoms with Gasteiger partial charge in [0.05, 0.1) is 6.61 Å². The second-order valence-corrected chi connectivity index (χ2v) is 3.14. The van der Waals surface area contributed by atoms with Gasteiger partial charge in [-0.25, -0.2) is 0 Å². The second-order valence-electron chi connectivity index (χ2n) is 2.20. The molecule has 0 aromatic heterocycles. The molecule has 0 N–H and O–H groups in total. The quantitative estimate of drug-likeness (QED) is 0.515. The van der Waals surface area contributed by atoms with E-state index in [0.717, 1.165) is 13.0 Å². The minimum absolute atomic E-state index is 0.253. The molecule has 1 heterocycles. The lowest BCUT2D eigenvalue weighted by atomic mass is 10.2. The Bertz CT molecular complexity index is 109. The molecule has 0 spiro atoms. The Morgan fingerprint density at radius 1 is 1.78 bits per heavy atom. The molecule has 1 aliphatic rings. The average molecular weight is 149 g/mol. The van der Waals surface area contributed by atoms with Crippen molar-refractivity contribution < 1.29 is 13.5 Å². The van der Waals surface area contributed by atoms with Gasteiger partial charge in [0.15, 0.2) is 0 Å². The third kappa shape index (κ3) is 2.43. The van der Waals surface area contributed by atoms with E-state index < -0.39 is 11.1 Å². The summed E-state index contributed by atoms with van der Waals surface area (Å²) < 4.78 is 25.2. The standard InChI is InChI=1S/C5H10O3S/c6-9(7)4-5-1-2-8-3-5/h5H,1-4H2,(H,6,7)/p-1. The third-order valence-electron chi connectivity index (χ3n) is 1.40. The Kier molecular flexibility index (Phi) is 2.63. The molecule has 2 unspecified atom stereocenters. The summed E-state index contributed by atoms with van der Waals surface area (Å²) >= 11 is -1.89. The van der Waals surface area contributed by atoms with Crippen LogP contribution in [0.25, 0.3) is 0 Å². The number of ether oxygens (including phenoxy) is 1. The molecular weight excluding hydrogens is 140 g/mol. The largest absolute Gasteiger partial charge is 0.772 e. The maximum atomic E-state index is 10.1. The summed E-state index contributed by atoms with van der Waals surface area (Å²) in [5.74, 6) is 0.517. The normalized spacial score (nSPS) is 30.6. The van der Waals surface area contributed by atoms with Crippen molar-refractivity contribution in [3.8, 4) is 0 Å². The second kappa shape index (κ2) is 3.29. The van der Waals surface area contributed by atoms with Gasteiger partial charge in [-0.05, 0) is 12.3 Å². The van der Waals surface area contributed by atoms with Crippen LogP contribution in [0.15, 0.2) is 0 Å². The minimum atomic E-state index is -1.89. The lowest BCUT2D eigenvalue weighted by Crippen LogP contribution is -2.09. The number of rotatable bonds is 2. The molecule has 1 rings (SSSR count). The number of hydrogen-bond acceptors (Lipinski definition) is 3. The van der Waals surface area contributed by atoms with E-state index in [9.17, 15) is 8.76 Å². The zero-order valence-corrected chi connectivity index (χ0v) is 5.86. The fourth-order valence-electron chi connectivity index (χ4n) is 0.907. The molecule has 9 heavy (non-hydrogen) atoms. The highest BCUT2D eigenvalue weighted by Crippen LogP contribution is 2.12. The van der Waals surface area contributed by atoms with Crippen molar-refractivity contribution in [3.63, 3.8) is 0 Å². The van der Waals surface area contributed by atoms with Crippen LogP contribution in [0.3, 0.4) is 0 Å². The Morgan fingerprint density at radius 3 is 3.00 bits per heavy atom. The zero-order valence-electron chi connectivity index (χ0n) is 5.04. The van der Waals surface area contributed by atoms with Gasteiger partial charge in [-0.1, -0.05) is 11.1 Å². The third-order valence-corrected chi connectivity index (χ3v) is 2.14. The van der Waals surface area contributed by atoms with Gasteiger partial charge in [0, 0.05) is 12.4 Å².